The first-order valence-electron chi connectivity index (χ1n) is 8.72. The minimum atomic E-state index is -4.19. The molecule has 152 valence electrons. The minimum absolute atomic E-state index is 0.172. The third-order valence-corrected chi connectivity index (χ3v) is 5.47. The number of aromatic nitrogens is 2. The van der Waals surface area contributed by atoms with Crippen LogP contribution >= 0.6 is 0 Å². The highest BCUT2D eigenvalue weighted by Gasteiger charge is 2.19. The van der Waals surface area contributed by atoms with E-state index in [0.29, 0.717) is 12.1 Å². The van der Waals surface area contributed by atoms with Gasteiger partial charge in [0.2, 0.25) is 0 Å². The Labute approximate surface area is 162 Å². The van der Waals surface area contributed by atoms with E-state index in [1.807, 2.05) is 18.8 Å². The third-order valence-electron chi connectivity index (χ3n) is 4.08. The van der Waals surface area contributed by atoms with E-state index in [2.05, 4.69) is 19.9 Å². The van der Waals surface area contributed by atoms with Gasteiger partial charge in [-0.25, -0.2) is 13.2 Å². The molecular weight excluding hydrogens is 386 g/mol. The van der Waals surface area contributed by atoms with Crippen molar-refractivity contribution in [2.75, 3.05) is 30.9 Å². The van der Waals surface area contributed by atoms with Crippen molar-refractivity contribution in [1.29, 1.82) is 0 Å². The number of H-pyrrole nitrogens is 2. The largest absolute Gasteiger partial charge is 0.351 e. The second kappa shape index (κ2) is 9.33. The summed E-state index contributed by atoms with van der Waals surface area (Å²) in [4.78, 5) is 40.3. The van der Waals surface area contributed by atoms with Crippen LogP contribution in [0.5, 0.6) is 0 Å². The standard InChI is InChI=1S/C17H23N5O5S/c1-3-22(4-2)10-9-18-15(23)12-5-7-13(8-6-12)21-28(26,27)14-11-19-17(25)20-16(14)24/h5-8,11,21H,3-4,9-10H2,1-2H3,(H,18,23)(H2,19,20,24,25). The molecule has 0 spiro atoms. The fourth-order valence-electron chi connectivity index (χ4n) is 2.47. The number of hydrogen-bond donors (Lipinski definition) is 4. The number of aromatic amines is 2. The molecule has 1 aromatic heterocycles. The Morgan fingerprint density at radius 1 is 1.11 bits per heavy atom. The van der Waals surface area contributed by atoms with Crippen LogP contribution in [0.1, 0.15) is 24.2 Å². The lowest BCUT2D eigenvalue weighted by molar-refractivity contribution is 0.0949. The van der Waals surface area contributed by atoms with Crippen LogP contribution in [0, 0.1) is 0 Å². The Balaban J connectivity index is 2.03. The van der Waals surface area contributed by atoms with Crippen LogP contribution in [0.4, 0.5) is 5.69 Å². The van der Waals surface area contributed by atoms with Gasteiger partial charge in [0.1, 0.15) is 0 Å². The summed E-state index contributed by atoms with van der Waals surface area (Å²) in [7, 11) is -4.19. The van der Waals surface area contributed by atoms with Crippen molar-refractivity contribution in [2.45, 2.75) is 18.7 Å². The Kier molecular flexibility index (Phi) is 7.12. The molecule has 0 saturated carbocycles. The molecule has 28 heavy (non-hydrogen) atoms. The molecule has 0 saturated heterocycles. The molecule has 0 unspecified atom stereocenters. The summed E-state index contributed by atoms with van der Waals surface area (Å²) >= 11 is 0. The van der Waals surface area contributed by atoms with Crippen molar-refractivity contribution in [3.8, 4) is 0 Å². The van der Waals surface area contributed by atoms with Gasteiger partial charge in [-0.1, -0.05) is 13.8 Å². The number of sulfonamides is 1. The van der Waals surface area contributed by atoms with Crippen molar-refractivity contribution < 1.29 is 13.2 Å². The fourth-order valence-corrected chi connectivity index (χ4v) is 3.53. The molecule has 1 amide bonds. The van der Waals surface area contributed by atoms with Gasteiger partial charge in [-0.2, -0.15) is 0 Å². The summed E-state index contributed by atoms with van der Waals surface area (Å²) in [5.41, 5.74) is -1.28. The lowest BCUT2D eigenvalue weighted by Gasteiger charge is -2.18. The summed E-state index contributed by atoms with van der Waals surface area (Å²) in [6.45, 7) is 7.14. The van der Waals surface area contributed by atoms with Gasteiger partial charge in [0.15, 0.2) is 4.90 Å². The second-order valence-corrected chi connectivity index (χ2v) is 7.55. The zero-order chi connectivity index (χ0) is 20.7. The first-order valence-corrected chi connectivity index (χ1v) is 10.2. The first kappa shape index (κ1) is 21.4. The monoisotopic (exact) mass is 409 g/mol. The third kappa shape index (κ3) is 5.54. The van der Waals surface area contributed by atoms with E-state index >= 15 is 0 Å². The Bertz CT molecular complexity index is 1020. The van der Waals surface area contributed by atoms with E-state index in [9.17, 15) is 22.8 Å². The van der Waals surface area contributed by atoms with E-state index < -0.39 is 26.2 Å². The SMILES string of the molecule is CCN(CC)CCNC(=O)c1ccc(NS(=O)(=O)c2c[nH]c(=O)[nH]c2=O)cc1. The number of nitrogens with one attached hydrogen (secondary N) is 4. The smallest absolute Gasteiger partial charge is 0.325 e. The molecule has 1 heterocycles. The molecule has 0 radical (unpaired) electrons. The number of hydrogen-bond acceptors (Lipinski definition) is 6. The highest BCUT2D eigenvalue weighted by atomic mass is 32.2. The Hall–Kier alpha value is -2.92. The maximum Gasteiger partial charge on any atom is 0.325 e. The number of benzene rings is 1. The average Bonchev–Trinajstić information content (AvgIpc) is 2.65. The molecule has 0 atom stereocenters. The van der Waals surface area contributed by atoms with Crippen LogP contribution in [0.2, 0.25) is 0 Å². The number of anilines is 1. The van der Waals surface area contributed by atoms with Crippen LogP contribution in [0.3, 0.4) is 0 Å². The topological polar surface area (TPSA) is 144 Å². The quantitative estimate of drug-likeness (QED) is 0.457. The molecule has 11 heteroatoms. The van der Waals surface area contributed by atoms with Gasteiger partial charge in [-0.05, 0) is 37.4 Å². The fraction of sp³-hybridized carbons (Fsp3) is 0.353. The van der Waals surface area contributed by atoms with Crippen molar-refractivity contribution in [2.24, 2.45) is 0 Å². The van der Waals surface area contributed by atoms with Crippen molar-refractivity contribution in [3.63, 3.8) is 0 Å². The average molecular weight is 409 g/mol. The predicted molar refractivity (Wildman–Crippen MR) is 105 cm³/mol. The summed E-state index contributed by atoms with van der Waals surface area (Å²) in [6.07, 6.45) is 0.821. The zero-order valence-corrected chi connectivity index (χ0v) is 16.4. The number of likely N-dealkylation sites (N-methyl/N-ethyl adjacent to an activating group) is 1. The summed E-state index contributed by atoms with van der Waals surface area (Å²) < 4.78 is 26.8. The van der Waals surface area contributed by atoms with Crippen LogP contribution in [0.25, 0.3) is 0 Å². The molecule has 0 aliphatic carbocycles. The van der Waals surface area contributed by atoms with Gasteiger partial charge in [-0.3, -0.25) is 19.3 Å². The highest BCUT2D eigenvalue weighted by molar-refractivity contribution is 7.92. The predicted octanol–water partition coefficient (Wildman–Crippen LogP) is -0.0644. The lowest BCUT2D eigenvalue weighted by atomic mass is 10.2. The Morgan fingerprint density at radius 3 is 2.32 bits per heavy atom. The molecule has 0 bridgehead atoms. The van der Waals surface area contributed by atoms with Gasteiger partial charge >= 0.3 is 5.69 Å². The number of amides is 1. The van der Waals surface area contributed by atoms with Crippen LogP contribution in [-0.2, 0) is 10.0 Å². The van der Waals surface area contributed by atoms with Gasteiger partial charge in [0.25, 0.3) is 21.5 Å². The maximum absolute atomic E-state index is 12.3. The number of carbonyl (C=O) groups excluding carboxylic acids is 1. The van der Waals surface area contributed by atoms with Gasteiger partial charge in [0.05, 0.1) is 0 Å². The van der Waals surface area contributed by atoms with E-state index in [-0.39, 0.29) is 11.6 Å². The van der Waals surface area contributed by atoms with E-state index in [0.717, 1.165) is 25.8 Å². The first-order chi connectivity index (χ1) is 13.3. The van der Waals surface area contributed by atoms with Crippen molar-refractivity contribution in [3.05, 3.63) is 56.9 Å². The van der Waals surface area contributed by atoms with Crippen LogP contribution < -0.4 is 21.3 Å². The molecular formula is C17H23N5O5S. The van der Waals surface area contributed by atoms with Crippen LogP contribution in [-0.4, -0.2) is 55.4 Å². The summed E-state index contributed by atoms with van der Waals surface area (Å²) in [5, 5.41) is 2.81. The van der Waals surface area contributed by atoms with Crippen molar-refractivity contribution in [1.82, 2.24) is 20.2 Å². The van der Waals surface area contributed by atoms with Gasteiger partial charge < -0.3 is 15.2 Å². The molecule has 0 aliphatic rings. The molecule has 1 aromatic carbocycles. The summed E-state index contributed by atoms with van der Waals surface area (Å²) in [5.74, 6) is -0.265. The molecule has 2 aromatic rings. The summed E-state index contributed by atoms with van der Waals surface area (Å²) in [6, 6.07) is 5.77. The van der Waals surface area contributed by atoms with Gasteiger partial charge in [-0.15, -0.1) is 0 Å². The lowest BCUT2D eigenvalue weighted by Crippen LogP contribution is -2.34. The highest BCUT2D eigenvalue weighted by Crippen LogP contribution is 2.14. The van der Waals surface area contributed by atoms with E-state index in [1.165, 1.54) is 24.3 Å². The molecule has 4 N–H and O–H groups in total. The Morgan fingerprint density at radius 2 is 1.75 bits per heavy atom. The van der Waals surface area contributed by atoms with E-state index in [1.54, 1.807) is 0 Å². The van der Waals surface area contributed by atoms with Crippen LogP contribution in [0.15, 0.2) is 44.9 Å². The molecule has 10 nitrogen and oxygen atoms in total. The van der Waals surface area contributed by atoms with Gasteiger partial charge in [0, 0.05) is 30.5 Å². The maximum atomic E-state index is 12.3. The molecule has 0 fully saturated rings. The van der Waals surface area contributed by atoms with Crippen molar-refractivity contribution >= 4 is 21.6 Å². The molecule has 2 rings (SSSR count). The normalized spacial score (nSPS) is 11.4. The minimum Gasteiger partial charge on any atom is -0.351 e. The number of rotatable bonds is 9. The molecule has 0 aliphatic heterocycles. The zero-order valence-electron chi connectivity index (χ0n) is 15.6. The second-order valence-electron chi connectivity index (χ2n) is 5.90. The van der Waals surface area contributed by atoms with E-state index in [4.69, 9.17) is 0 Å². The number of nitrogens with zero attached hydrogens (tertiary/aromatic N) is 1. The number of carbonyl (C=O) groups is 1.